The lowest BCUT2D eigenvalue weighted by molar-refractivity contribution is -0.163. The first-order chi connectivity index (χ1) is 14.0. The number of ether oxygens (including phenoxy) is 1. The molecule has 2 N–H and O–H groups in total. The van der Waals surface area contributed by atoms with Gasteiger partial charge in [0.15, 0.2) is 0 Å². The Morgan fingerprint density at radius 1 is 0.828 bits per heavy atom. The molecule has 0 aromatic heterocycles. The molecule has 2 saturated heterocycles. The summed E-state index contributed by atoms with van der Waals surface area (Å²) in [7, 11) is 0. The summed E-state index contributed by atoms with van der Waals surface area (Å²) in [5.74, 6) is 0.0861. The van der Waals surface area contributed by atoms with Crippen LogP contribution >= 0.6 is 0 Å². The topological polar surface area (TPSA) is 83.8 Å². The highest BCUT2D eigenvalue weighted by Gasteiger charge is 2.81. The van der Waals surface area contributed by atoms with Gasteiger partial charge in [0.2, 0.25) is 0 Å². The van der Waals surface area contributed by atoms with Crippen molar-refractivity contribution in [3.05, 3.63) is 12.2 Å². The standard InChI is InChI=1S/C24H30O5/c25-22(26)16-13-9-14(17(16)23(27)28)20-18(13)21-15-10-6-7-11(8-10)19(15)24(20,29-21)12-4-2-1-3-5-12/h6-7,10-21H,1-5,8-9H2,(H,25,26)(H,27,28). The highest BCUT2D eigenvalue weighted by molar-refractivity contribution is 5.82. The number of allylic oxidation sites excluding steroid dienone is 2. The number of carboxylic acids is 2. The number of rotatable bonds is 3. The first-order valence-corrected chi connectivity index (χ1v) is 11.9. The summed E-state index contributed by atoms with van der Waals surface area (Å²) in [5, 5.41) is 20.0. The van der Waals surface area contributed by atoms with E-state index in [1.54, 1.807) is 0 Å². The van der Waals surface area contributed by atoms with Crippen LogP contribution in [0.1, 0.15) is 44.9 Å². The van der Waals surface area contributed by atoms with Gasteiger partial charge in [-0.2, -0.15) is 0 Å². The summed E-state index contributed by atoms with van der Waals surface area (Å²) < 4.78 is 7.13. The first kappa shape index (κ1) is 17.3. The Morgan fingerprint density at radius 3 is 2.24 bits per heavy atom. The zero-order valence-electron chi connectivity index (χ0n) is 16.7. The summed E-state index contributed by atoms with van der Waals surface area (Å²) in [4.78, 5) is 24.3. The molecule has 4 saturated carbocycles. The molecule has 5 nitrogen and oxygen atoms in total. The first-order valence-electron chi connectivity index (χ1n) is 11.9. The molecule has 5 heteroatoms. The van der Waals surface area contributed by atoms with Gasteiger partial charge in [0.05, 0.1) is 23.5 Å². The highest BCUT2D eigenvalue weighted by atomic mass is 16.5. The Balaban J connectivity index is 1.37. The number of carbonyl (C=O) groups is 2. The van der Waals surface area contributed by atoms with Crippen molar-refractivity contribution in [2.24, 2.45) is 65.1 Å². The molecule has 2 aliphatic heterocycles. The van der Waals surface area contributed by atoms with Crippen molar-refractivity contribution >= 4 is 11.9 Å². The van der Waals surface area contributed by atoms with Crippen molar-refractivity contribution in [1.82, 2.24) is 0 Å². The van der Waals surface area contributed by atoms with Gasteiger partial charge in [0, 0.05) is 5.92 Å². The van der Waals surface area contributed by atoms with Crippen molar-refractivity contribution in [1.29, 1.82) is 0 Å². The third-order valence-corrected chi connectivity index (χ3v) is 10.7. The second-order valence-electron chi connectivity index (χ2n) is 11.2. The predicted molar refractivity (Wildman–Crippen MR) is 103 cm³/mol. The molecule has 156 valence electrons. The fourth-order valence-corrected chi connectivity index (χ4v) is 10.4. The van der Waals surface area contributed by atoms with Crippen LogP contribution in [0.2, 0.25) is 0 Å². The van der Waals surface area contributed by atoms with Crippen LogP contribution in [-0.2, 0) is 14.3 Å². The quantitative estimate of drug-likeness (QED) is 0.712. The molecular formula is C24H30O5. The molecule has 5 aliphatic carbocycles. The van der Waals surface area contributed by atoms with Crippen LogP contribution < -0.4 is 0 Å². The molecule has 29 heavy (non-hydrogen) atoms. The zero-order valence-corrected chi connectivity index (χ0v) is 16.7. The maximum absolute atomic E-state index is 12.2. The molecule has 7 aliphatic rings. The van der Waals surface area contributed by atoms with E-state index in [0.29, 0.717) is 29.6 Å². The largest absolute Gasteiger partial charge is 0.481 e. The summed E-state index contributed by atoms with van der Waals surface area (Å²) in [6.45, 7) is 0. The Kier molecular flexibility index (Phi) is 3.26. The minimum Gasteiger partial charge on any atom is -0.481 e. The molecule has 0 aromatic rings. The van der Waals surface area contributed by atoms with Gasteiger partial charge < -0.3 is 14.9 Å². The van der Waals surface area contributed by atoms with Crippen molar-refractivity contribution in [2.75, 3.05) is 0 Å². The van der Waals surface area contributed by atoms with Crippen LogP contribution in [0.25, 0.3) is 0 Å². The van der Waals surface area contributed by atoms with Crippen molar-refractivity contribution < 1.29 is 24.5 Å². The molecule has 12 atom stereocenters. The number of hydrogen-bond donors (Lipinski definition) is 2. The van der Waals surface area contributed by atoms with E-state index in [4.69, 9.17) is 4.74 Å². The molecule has 6 fully saturated rings. The van der Waals surface area contributed by atoms with E-state index in [1.165, 1.54) is 38.5 Å². The summed E-state index contributed by atoms with van der Waals surface area (Å²) in [6.07, 6.45) is 13.3. The van der Waals surface area contributed by atoms with Crippen LogP contribution in [0.5, 0.6) is 0 Å². The molecular weight excluding hydrogens is 368 g/mol. The van der Waals surface area contributed by atoms with E-state index < -0.39 is 23.8 Å². The predicted octanol–water partition coefficient (Wildman–Crippen LogP) is 3.44. The van der Waals surface area contributed by atoms with E-state index in [1.807, 2.05) is 0 Å². The van der Waals surface area contributed by atoms with Crippen molar-refractivity contribution in [3.8, 4) is 0 Å². The van der Waals surface area contributed by atoms with Crippen molar-refractivity contribution in [3.63, 3.8) is 0 Å². The molecule has 6 bridgehead atoms. The monoisotopic (exact) mass is 398 g/mol. The molecule has 0 spiro atoms. The molecule has 0 radical (unpaired) electrons. The average Bonchev–Trinajstić information content (AvgIpc) is 3.53. The van der Waals surface area contributed by atoms with E-state index >= 15 is 0 Å². The van der Waals surface area contributed by atoms with Crippen LogP contribution in [0.4, 0.5) is 0 Å². The Morgan fingerprint density at radius 2 is 1.52 bits per heavy atom. The fourth-order valence-electron chi connectivity index (χ4n) is 10.4. The van der Waals surface area contributed by atoms with Gasteiger partial charge in [-0.15, -0.1) is 0 Å². The fraction of sp³-hybridized carbons (Fsp3) is 0.833. The Bertz CT molecular complexity index is 814. The Hall–Kier alpha value is -1.36. The smallest absolute Gasteiger partial charge is 0.307 e. The number of carboxylic acid groups (broad SMARTS) is 2. The SMILES string of the molecule is O=C(O)C1C2CC(C1C(=O)O)C1C2C2OC1(C1CCCCC1)C1C3C=CC(C3)C21. The van der Waals surface area contributed by atoms with E-state index in [2.05, 4.69) is 12.2 Å². The number of aliphatic carboxylic acids is 2. The third-order valence-electron chi connectivity index (χ3n) is 10.7. The van der Waals surface area contributed by atoms with E-state index in [9.17, 15) is 19.8 Å². The van der Waals surface area contributed by atoms with Crippen LogP contribution in [-0.4, -0.2) is 33.9 Å². The van der Waals surface area contributed by atoms with Gasteiger partial charge in [0.25, 0.3) is 0 Å². The molecule has 0 amide bonds. The lowest BCUT2D eigenvalue weighted by Gasteiger charge is -2.53. The lowest BCUT2D eigenvalue weighted by atomic mass is 9.49. The van der Waals surface area contributed by atoms with E-state index in [0.717, 1.165) is 6.42 Å². The number of fused-ring (bicyclic) bond motifs is 16. The minimum atomic E-state index is -0.901. The second-order valence-corrected chi connectivity index (χ2v) is 11.2. The van der Waals surface area contributed by atoms with Gasteiger partial charge in [-0.1, -0.05) is 31.4 Å². The van der Waals surface area contributed by atoms with Crippen LogP contribution in [0, 0.1) is 65.1 Å². The second kappa shape index (κ2) is 5.46. The minimum absolute atomic E-state index is 0.0110. The Labute approximate surface area is 170 Å². The summed E-state index contributed by atoms with van der Waals surface area (Å²) >= 11 is 0. The normalized spacial score (nSPS) is 58.7. The highest BCUT2D eigenvalue weighted by Crippen LogP contribution is 2.78. The van der Waals surface area contributed by atoms with Gasteiger partial charge >= 0.3 is 11.9 Å². The van der Waals surface area contributed by atoms with Crippen LogP contribution in [0.15, 0.2) is 12.2 Å². The van der Waals surface area contributed by atoms with Crippen molar-refractivity contribution in [2.45, 2.75) is 56.7 Å². The average molecular weight is 398 g/mol. The third kappa shape index (κ3) is 1.81. The van der Waals surface area contributed by atoms with Gasteiger partial charge in [-0.3, -0.25) is 9.59 Å². The summed E-state index contributed by atoms with van der Waals surface area (Å²) in [6, 6.07) is 0. The van der Waals surface area contributed by atoms with Crippen LogP contribution in [0.3, 0.4) is 0 Å². The van der Waals surface area contributed by atoms with E-state index in [-0.39, 0.29) is 35.4 Å². The maximum atomic E-state index is 12.2. The summed E-state index contributed by atoms with van der Waals surface area (Å²) in [5.41, 5.74) is -0.179. The molecule has 7 rings (SSSR count). The lowest BCUT2D eigenvalue weighted by Crippen LogP contribution is -2.59. The molecule has 0 aromatic carbocycles. The maximum Gasteiger partial charge on any atom is 0.307 e. The zero-order chi connectivity index (χ0) is 19.7. The molecule has 12 unspecified atom stereocenters. The van der Waals surface area contributed by atoms with Gasteiger partial charge in [0.1, 0.15) is 0 Å². The number of hydrogen-bond acceptors (Lipinski definition) is 3. The van der Waals surface area contributed by atoms with Gasteiger partial charge in [-0.05, 0) is 73.0 Å². The molecule has 2 heterocycles. The van der Waals surface area contributed by atoms with Gasteiger partial charge in [-0.25, -0.2) is 0 Å².